The number of nitrogens with zero attached hydrogens (tertiary/aromatic N) is 2. The molecule has 29 heavy (non-hydrogen) atoms. The molecule has 1 aliphatic rings. The van der Waals surface area contributed by atoms with Crippen molar-refractivity contribution in [1.82, 2.24) is 4.90 Å². The molecular formula is C23H24N2O3S. The lowest BCUT2D eigenvalue weighted by Crippen LogP contribution is -2.48. The van der Waals surface area contributed by atoms with E-state index in [0.29, 0.717) is 24.6 Å². The molecule has 1 fully saturated rings. The van der Waals surface area contributed by atoms with Crippen LogP contribution in [0.4, 0.5) is 5.69 Å². The third-order valence-electron chi connectivity index (χ3n) is 5.17. The molecule has 1 unspecified atom stereocenters. The Kier molecular flexibility index (Phi) is 5.81. The highest BCUT2D eigenvalue weighted by atomic mass is 32.2. The number of benzene rings is 2. The number of furan rings is 1. The molecule has 0 spiro atoms. The zero-order valence-corrected chi connectivity index (χ0v) is 17.2. The van der Waals surface area contributed by atoms with Gasteiger partial charge in [-0.05, 0) is 42.8 Å². The summed E-state index contributed by atoms with van der Waals surface area (Å²) in [7, 11) is -1.20. The van der Waals surface area contributed by atoms with Gasteiger partial charge in [0.2, 0.25) is 0 Å². The molecule has 3 aromatic rings. The summed E-state index contributed by atoms with van der Waals surface area (Å²) in [5.41, 5.74) is 2.17. The van der Waals surface area contributed by atoms with Gasteiger partial charge in [0.05, 0.1) is 16.6 Å². The first-order valence-corrected chi connectivity index (χ1v) is 11.1. The van der Waals surface area contributed by atoms with Gasteiger partial charge in [0.25, 0.3) is 5.91 Å². The van der Waals surface area contributed by atoms with E-state index < -0.39 is 10.8 Å². The van der Waals surface area contributed by atoms with E-state index >= 15 is 0 Å². The van der Waals surface area contributed by atoms with Crippen LogP contribution >= 0.6 is 0 Å². The lowest BCUT2D eigenvalue weighted by atomic mass is 10.2. The first kappa shape index (κ1) is 19.5. The van der Waals surface area contributed by atoms with Crippen LogP contribution in [0, 0.1) is 6.92 Å². The number of hydrogen-bond acceptors (Lipinski definition) is 4. The number of hydrogen-bond donors (Lipinski definition) is 0. The van der Waals surface area contributed by atoms with E-state index in [1.807, 2.05) is 54.3 Å². The number of para-hydroxylation sites is 1. The van der Waals surface area contributed by atoms with Crippen LogP contribution in [0.5, 0.6) is 0 Å². The first-order valence-electron chi connectivity index (χ1n) is 9.74. The minimum absolute atomic E-state index is 0.106. The monoisotopic (exact) mass is 408 g/mol. The summed E-state index contributed by atoms with van der Waals surface area (Å²) in [6, 6.07) is 21.3. The van der Waals surface area contributed by atoms with Gasteiger partial charge >= 0.3 is 0 Å². The highest BCUT2D eigenvalue weighted by molar-refractivity contribution is 7.84. The maximum atomic E-state index is 12.8. The quantitative estimate of drug-likeness (QED) is 0.643. The van der Waals surface area contributed by atoms with Crippen LogP contribution in [0.2, 0.25) is 0 Å². The average molecular weight is 409 g/mol. The maximum absolute atomic E-state index is 12.8. The highest BCUT2D eigenvalue weighted by Gasteiger charge is 2.24. The van der Waals surface area contributed by atoms with Crippen molar-refractivity contribution in [3.8, 4) is 0 Å². The van der Waals surface area contributed by atoms with E-state index in [4.69, 9.17) is 4.42 Å². The fourth-order valence-electron chi connectivity index (χ4n) is 3.55. The van der Waals surface area contributed by atoms with Crippen LogP contribution in [0.3, 0.4) is 0 Å². The highest BCUT2D eigenvalue weighted by Crippen LogP contribution is 2.20. The molecule has 150 valence electrons. The molecule has 2 heterocycles. The number of rotatable bonds is 5. The minimum atomic E-state index is -1.20. The SMILES string of the molecule is Cc1ccccc1S(=O)Cc1ccc(C(=O)N2CCN(c3ccccc3)CC2)o1. The van der Waals surface area contributed by atoms with E-state index in [9.17, 15) is 9.00 Å². The molecular weight excluding hydrogens is 384 g/mol. The van der Waals surface area contributed by atoms with Gasteiger partial charge in [-0.25, -0.2) is 0 Å². The molecule has 1 atom stereocenters. The molecule has 2 aromatic carbocycles. The maximum Gasteiger partial charge on any atom is 0.289 e. The van der Waals surface area contributed by atoms with E-state index in [0.717, 1.165) is 23.5 Å². The van der Waals surface area contributed by atoms with Crippen molar-refractivity contribution in [2.45, 2.75) is 17.6 Å². The summed E-state index contributed by atoms with van der Waals surface area (Å²) in [6.07, 6.45) is 0. The number of amides is 1. The Morgan fingerprint density at radius 1 is 0.931 bits per heavy atom. The smallest absolute Gasteiger partial charge is 0.289 e. The summed E-state index contributed by atoms with van der Waals surface area (Å²) in [4.78, 5) is 17.7. The molecule has 6 heteroatoms. The molecule has 0 aliphatic carbocycles. The lowest BCUT2D eigenvalue weighted by Gasteiger charge is -2.35. The Labute approximate surface area is 173 Å². The van der Waals surface area contributed by atoms with Gasteiger partial charge in [0.15, 0.2) is 5.76 Å². The Hall–Kier alpha value is -2.86. The second kappa shape index (κ2) is 8.66. The summed E-state index contributed by atoms with van der Waals surface area (Å²) in [5, 5.41) is 0. The zero-order valence-electron chi connectivity index (χ0n) is 16.4. The van der Waals surface area contributed by atoms with Gasteiger partial charge in [-0.3, -0.25) is 9.00 Å². The normalized spacial score (nSPS) is 15.3. The molecule has 0 saturated carbocycles. The Morgan fingerprint density at radius 2 is 1.62 bits per heavy atom. The predicted octanol–water partition coefficient (Wildman–Crippen LogP) is 3.86. The van der Waals surface area contributed by atoms with Crippen LogP contribution in [0.1, 0.15) is 21.9 Å². The third kappa shape index (κ3) is 4.43. The second-order valence-electron chi connectivity index (χ2n) is 7.14. The molecule has 4 rings (SSSR count). The predicted molar refractivity (Wildman–Crippen MR) is 115 cm³/mol. The van der Waals surface area contributed by atoms with Gasteiger partial charge < -0.3 is 14.2 Å². The molecule has 1 aromatic heterocycles. The van der Waals surface area contributed by atoms with Gasteiger partial charge in [-0.2, -0.15) is 0 Å². The summed E-state index contributed by atoms with van der Waals surface area (Å²) in [5.74, 6) is 1.04. The van der Waals surface area contributed by atoms with Crippen molar-refractivity contribution in [2.75, 3.05) is 31.1 Å². The third-order valence-corrected chi connectivity index (χ3v) is 6.67. The van der Waals surface area contributed by atoms with Crippen molar-refractivity contribution in [3.05, 3.63) is 83.8 Å². The largest absolute Gasteiger partial charge is 0.455 e. The number of piperazine rings is 1. The zero-order chi connectivity index (χ0) is 20.2. The van der Waals surface area contributed by atoms with Crippen LogP contribution in [-0.2, 0) is 16.6 Å². The van der Waals surface area contributed by atoms with Crippen LogP contribution in [-0.4, -0.2) is 41.2 Å². The minimum Gasteiger partial charge on any atom is -0.455 e. The number of anilines is 1. The number of carbonyl (C=O) groups is 1. The van der Waals surface area contributed by atoms with Crippen LogP contribution in [0.15, 0.2) is 76.0 Å². The van der Waals surface area contributed by atoms with E-state index in [1.165, 1.54) is 5.69 Å². The topological polar surface area (TPSA) is 53.8 Å². The summed E-state index contributed by atoms with van der Waals surface area (Å²) in [6.45, 7) is 4.83. The number of aryl methyl sites for hydroxylation is 1. The molecule has 1 saturated heterocycles. The molecule has 1 amide bonds. The fraction of sp³-hybridized carbons (Fsp3) is 0.261. The standard InChI is InChI=1S/C23H24N2O3S/c1-18-7-5-6-10-22(18)29(27)17-20-11-12-21(28-20)23(26)25-15-13-24(14-16-25)19-8-3-2-4-9-19/h2-12H,13-17H2,1H3. The van der Waals surface area contributed by atoms with Crippen LogP contribution in [0.25, 0.3) is 0 Å². The van der Waals surface area contributed by atoms with Gasteiger partial charge in [0, 0.05) is 36.8 Å². The Bertz CT molecular complexity index is 1010. The van der Waals surface area contributed by atoms with Crippen molar-refractivity contribution in [1.29, 1.82) is 0 Å². The van der Waals surface area contributed by atoms with Gasteiger partial charge in [-0.15, -0.1) is 0 Å². The van der Waals surface area contributed by atoms with Crippen molar-refractivity contribution in [2.24, 2.45) is 0 Å². The molecule has 1 aliphatic heterocycles. The summed E-state index contributed by atoms with van der Waals surface area (Å²) >= 11 is 0. The number of carbonyl (C=O) groups excluding carboxylic acids is 1. The fourth-order valence-corrected chi connectivity index (χ4v) is 4.78. The van der Waals surface area contributed by atoms with Gasteiger partial charge in [0.1, 0.15) is 5.76 Å². The van der Waals surface area contributed by atoms with E-state index in [1.54, 1.807) is 12.1 Å². The molecule has 0 N–H and O–H groups in total. The second-order valence-corrected chi connectivity index (χ2v) is 8.56. The Morgan fingerprint density at radius 3 is 2.34 bits per heavy atom. The average Bonchev–Trinajstić information content (AvgIpc) is 3.22. The Balaban J connectivity index is 1.36. The van der Waals surface area contributed by atoms with Crippen molar-refractivity contribution >= 4 is 22.4 Å². The summed E-state index contributed by atoms with van der Waals surface area (Å²) < 4.78 is 18.4. The van der Waals surface area contributed by atoms with Gasteiger partial charge in [-0.1, -0.05) is 36.4 Å². The van der Waals surface area contributed by atoms with Crippen molar-refractivity contribution < 1.29 is 13.4 Å². The molecule has 0 radical (unpaired) electrons. The lowest BCUT2D eigenvalue weighted by molar-refractivity contribution is 0.0713. The first-order chi connectivity index (χ1) is 14.1. The molecule has 5 nitrogen and oxygen atoms in total. The van der Waals surface area contributed by atoms with E-state index in [-0.39, 0.29) is 11.7 Å². The van der Waals surface area contributed by atoms with Crippen molar-refractivity contribution in [3.63, 3.8) is 0 Å². The van der Waals surface area contributed by atoms with E-state index in [2.05, 4.69) is 17.0 Å². The van der Waals surface area contributed by atoms with Crippen LogP contribution < -0.4 is 4.90 Å². The molecule has 0 bridgehead atoms.